The molecule has 2 N–H and O–H groups in total. The third kappa shape index (κ3) is 2.43. The van der Waals surface area contributed by atoms with Crippen LogP contribution in [0, 0.1) is 0 Å². The summed E-state index contributed by atoms with van der Waals surface area (Å²) in [7, 11) is 3.34. The van der Waals surface area contributed by atoms with Crippen molar-refractivity contribution >= 4 is 0 Å². The van der Waals surface area contributed by atoms with Crippen LogP contribution in [0.15, 0.2) is 36.4 Å². The largest absolute Gasteiger partial charge is 0.497 e. The van der Waals surface area contributed by atoms with Gasteiger partial charge < -0.3 is 19.9 Å². The highest BCUT2D eigenvalue weighted by atomic mass is 16.5. The fourth-order valence-electron chi connectivity index (χ4n) is 2.72. The van der Waals surface area contributed by atoms with Gasteiger partial charge >= 0.3 is 0 Å². The van der Waals surface area contributed by atoms with Crippen molar-refractivity contribution in [3.8, 4) is 28.4 Å². The number of ether oxygens (including phenoxy) is 3. The van der Waals surface area contributed by atoms with E-state index in [0.29, 0.717) is 6.54 Å². The maximum absolute atomic E-state index is 6.00. The van der Waals surface area contributed by atoms with E-state index in [2.05, 4.69) is 0 Å². The molecule has 3 rings (SSSR count). The molecule has 1 atom stereocenters. The van der Waals surface area contributed by atoms with Gasteiger partial charge in [0.25, 0.3) is 0 Å². The average Bonchev–Trinajstić information content (AvgIpc) is 2.96. The van der Waals surface area contributed by atoms with E-state index in [9.17, 15) is 0 Å². The molecule has 0 aromatic heterocycles. The van der Waals surface area contributed by atoms with E-state index in [1.54, 1.807) is 14.2 Å². The van der Waals surface area contributed by atoms with Crippen molar-refractivity contribution in [2.24, 2.45) is 5.73 Å². The fraction of sp³-hybridized carbons (Fsp3) is 0.294. The topological polar surface area (TPSA) is 53.7 Å². The Bertz CT molecular complexity index is 654. The molecule has 21 heavy (non-hydrogen) atoms. The summed E-state index contributed by atoms with van der Waals surface area (Å²) in [5, 5.41) is 0. The van der Waals surface area contributed by atoms with Gasteiger partial charge in [-0.15, -0.1) is 0 Å². The van der Waals surface area contributed by atoms with Gasteiger partial charge in [-0.25, -0.2) is 0 Å². The van der Waals surface area contributed by atoms with Gasteiger partial charge in [0.2, 0.25) is 0 Å². The number of rotatable bonds is 4. The monoisotopic (exact) mass is 285 g/mol. The summed E-state index contributed by atoms with van der Waals surface area (Å²) in [4.78, 5) is 0. The number of hydrogen-bond acceptors (Lipinski definition) is 4. The first-order valence-corrected chi connectivity index (χ1v) is 6.97. The van der Waals surface area contributed by atoms with Crippen molar-refractivity contribution in [2.45, 2.75) is 12.5 Å². The third-order valence-corrected chi connectivity index (χ3v) is 3.77. The molecule has 110 valence electrons. The standard InChI is InChI=1S/C17H19NO3/c1-19-12-7-11-8-13(10-18)21-17(11)15(9-12)14-5-3-4-6-16(14)20-2/h3-7,9,13H,8,10,18H2,1-2H3. The van der Waals surface area contributed by atoms with Crippen LogP contribution < -0.4 is 19.9 Å². The van der Waals surface area contributed by atoms with Crippen LogP contribution in [0.25, 0.3) is 11.1 Å². The molecule has 4 heteroatoms. The molecule has 0 amide bonds. The Balaban J connectivity index is 2.16. The van der Waals surface area contributed by atoms with Crippen LogP contribution in [-0.4, -0.2) is 26.9 Å². The predicted octanol–water partition coefficient (Wildman–Crippen LogP) is 2.63. The highest BCUT2D eigenvalue weighted by molar-refractivity contribution is 5.79. The van der Waals surface area contributed by atoms with Gasteiger partial charge in [0.15, 0.2) is 0 Å². The molecule has 1 unspecified atom stereocenters. The van der Waals surface area contributed by atoms with Crippen LogP contribution in [0.3, 0.4) is 0 Å². The van der Waals surface area contributed by atoms with Crippen LogP contribution in [0.2, 0.25) is 0 Å². The maximum Gasteiger partial charge on any atom is 0.131 e. The van der Waals surface area contributed by atoms with Crippen LogP contribution >= 0.6 is 0 Å². The molecule has 0 bridgehead atoms. The Morgan fingerprint density at radius 1 is 1.14 bits per heavy atom. The summed E-state index contributed by atoms with van der Waals surface area (Å²) in [5.41, 5.74) is 8.86. The van der Waals surface area contributed by atoms with E-state index in [-0.39, 0.29) is 6.10 Å². The number of para-hydroxylation sites is 1. The third-order valence-electron chi connectivity index (χ3n) is 3.77. The van der Waals surface area contributed by atoms with E-state index in [0.717, 1.165) is 40.4 Å². The zero-order chi connectivity index (χ0) is 14.8. The molecule has 0 fully saturated rings. The zero-order valence-corrected chi connectivity index (χ0v) is 12.3. The lowest BCUT2D eigenvalue weighted by molar-refractivity contribution is 0.242. The second-order valence-electron chi connectivity index (χ2n) is 5.04. The lowest BCUT2D eigenvalue weighted by atomic mass is 9.99. The van der Waals surface area contributed by atoms with Crippen molar-refractivity contribution < 1.29 is 14.2 Å². The Hall–Kier alpha value is -2.20. The molecule has 0 saturated heterocycles. The molecule has 0 saturated carbocycles. The highest BCUT2D eigenvalue weighted by Gasteiger charge is 2.27. The highest BCUT2D eigenvalue weighted by Crippen LogP contribution is 2.44. The molecule has 0 radical (unpaired) electrons. The second kappa shape index (κ2) is 5.66. The number of hydrogen-bond donors (Lipinski definition) is 1. The molecular formula is C17H19NO3. The Labute approximate surface area is 124 Å². The lowest BCUT2D eigenvalue weighted by Gasteiger charge is -2.14. The smallest absolute Gasteiger partial charge is 0.131 e. The molecule has 2 aromatic carbocycles. The van der Waals surface area contributed by atoms with Crippen molar-refractivity contribution in [1.29, 1.82) is 0 Å². The van der Waals surface area contributed by atoms with E-state index >= 15 is 0 Å². The van der Waals surface area contributed by atoms with Crippen LogP contribution in [0.4, 0.5) is 0 Å². The lowest BCUT2D eigenvalue weighted by Crippen LogP contribution is -2.24. The second-order valence-corrected chi connectivity index (χ2v) is 5.04. The first kappa shape index (κ1) is 13.8. The number of benzene rings is 2. The predicted molar refractivity (Wildman–Crippen MR) is 82.2 cm³/mol. The van der Waals surface area contributed by atoms with Crippen molar-refractivity contribution in [1.82, 2.24) is 0 Å². The number of methoxy groups -OCH3 is 2. The molecule has 4 nitrogen and oxygen atoms in total. The van der Waals surface area contributed by atoms with Crippen LogP contribution in [0.1, 0.15) is 5.56 Å². The molecule has 0 spiro atoms. The number of fused-ring (bicyclic) bond motifs is 1. The van der Waals surface area contributed by atoms with E-state index < -0.39 is 0 Å². The van der Waals surface area contributed by atoms with E-state index in [1.807, 2.05) is 36.4 Å². The normalized spacial score (nSPS) is 16.2. The quantitative estimate of drug-likeness (QED) is 0.938. The van der Waals surface area contributed by atoms with Crippen molar-refractivity contribution in [3.63, 3.8) is 0 Å². The van der Waals surface area contributed by atoms with Gasteiger partial charge in [0, 0.05) is 29.7 Å². The molecular weight excluding hydrogens is 266 g/mol. The van der Waals surface area contributed by atoms with Crippen LogP contribution in [-0.2, 0) is 6.42 Å². The van der Waals surface area contributed by atoms with Crippen molar-refractivity contribution in [3.05, 3.63) is 42.0 Å². The summed E-state index contributed by atoms with van der Waals surface area (Å²) < 4.78 is 16.9. The van der Waals surface area contributed by atoms with E-state index in [1.165, 1.54) is 0 Å². The van der Waals surface area contributed by atoms with Gasteiger partial charge in [0.05, 0.1) is 14.2 Å². The van der Waals surface area contributed by atoms with E-state index in [4.69, 9.17) is 19.9 Å². The van der Waals surface area contributed by atoms with Crippen molar-refractivity contribution in [2.75, 3.05) is 20.8 Å². The van der Waals surface area contributed by atoms with Gasteiger partial charge in [-0.05, 0) is 18.2 Å². The Morgan fingerprint density at radius 3 is 2.67 bits per heavy atom. The minimum absolute atomic E-state index is 0.0283. The van der Waals surface area contributed by atoms with Gasteiger partial charge in [-0.1, -0.05) is 18.2 Å². The molecule has 1 aliphatic heterocycles. The fourth-order valence-corrected chi connectivity index (χ4v) is 2.72. The molecule has 0 aliphatic carbocycles. The first-order valence-electron chi connectivity index (χ1n) is 6.97. The summed E-state index contributed by atoms with van der Waals surface area (Å²) in [6.45, 7) is 0.502. The van der Waals surface area contributed by atoms with Crippen LogP contribution in [0.5, 0.6) is 17.2 Å². The minimum Gasteiger partial charge on any atom is -0.497 e. The number of nitrogens with two attached hydrogens (primary N) is 1. The first-order chi connectivity index (χ1) is 10.3. The summed E-state index contributed by atoms with van der Waals surface area (Å²) >= 11 is 0. The molecule has 1 aliphatic rings. The molecule has 1 heterocycles. The summed E-state index contributed by atoms with van der Waals surface area (Å²) in [5.74, 6) is 2.51. The Morgan fingerprint density at radius 2 is 1.95 bits per heavy atom. The van der Waals surface area contributed by atoms with Gasteiger partial charge in [-0.3, -0.25) is 0 Å². The minimum atomic E-state index is 0.0283. The summed E-state index contributed by atoms with van der Waals surface area (Å²) in [6, 6.07) is 11.9. The maximum atomic E-state index is 6.00. The molecule has 2 aromatic rings. The van der Waals surface area contributed by atoms with Gasteiger partial charge in [-0.2, -0.15) is 0 Å². The summed E-state index contributed by atoms with van der Waals surface area (Å²) in [6.07, 6.45) is 0.839. The zero-order valence-electron chi connectivity index (χ0n) is 12.3. The van der Waals surface area contributed by atoms with Gasteiger partial charge in [0.1, 0.15) is 23.4 Å². The average molecular weight is 285 g/mol. The Kier molecular flexibility index (Phi) is 3.71. The SMILES string of the molecule is COc1cc2c(c(-c3ccccc3OC)c1)OC(CN)C2.